The molecule has 2 aromatic rings. The van der Waals surface area contributed by atoms with E-state index in [4.69, 9.17) is 26.4 Å². The van der Waals surface area contributed by atoms with Gasteiger partial charge in [-0.2, -0.15) is 0 Å². The van der Waals surface area contributed by atoms with Crippen LogP contribution in [-0.2, 0) is 19.1 Å². The van der Waals surface area contributed by atoms with Crippen LogP contribution in [0.15, 0.2) is 47.7 Å². The van der Waals surface area contributed by atoms with Gasteiger partial charge in [0.25, 0.3) is 5.91 Å². The second-order valence-electron chi connectivity index (χ2n) is 7.77. The predicted molar refractivity (Wildman–Crippen MR) is 128 cm³/mol. The number of carbonyl (C=O) groups is 2. The summed E-state index contributed by atoms with van der Waals surface area (Å²) >= 11 is 5.40. The second kappa shape index (κ2) is 10.2. The minimum atomic E-state index is -0.600. The average Bonchev–Trinajstić information content (AvgIpc) is 2.82. The number of benzene rings is 2. The van der Waals surface area contributed by atoms with Crippen LogP contribution in [0.25, 0.3) is 10.8 Å². The lowest BCUT2D eigenvalue weighted by Gasteiger charge is -2.32. The maximum absolute atomic E-state index is 12.9. The Bertz CT molecular complexity index is 1110. The standard InChI is InChI=1S/C24H27N3O5S/c1-3-31-23(29)20-15(2)25-24(33)26-22(20)21-17-7-5-4-6-16(17)8-9-18(21)32-14-19(28)27-10-12-30-13-11-27/h4-9,22H,3,10-14H2,1-2H3,(H2,25,26,33). The maximum Gasteiger partial charge on any atom is 0.338 e. The Kier molecular flexibility index (Phi) is 7.10. The van der Waals surface area contributed by atoms with Crippen molar-refractivity contribution in [1.29, 1.82) is 0 Å². The van der Waals surface area contributed by atoms with Crippen LogP contribution in [0.4, 0.5) is 0 Å². The third-order valence-electron chi connectivity index (χ3n) is 5.70. The van der Waals surface area contributed by atoms with Gasteiger partial charge in [-0.15, -0.1) is 0 Å². The summed E-state index contributed by atoms with van der Waals surface area (Å²) in [7, 11) is 0. The number of carbonyl (C=O) groups excluding carboxylic acids is 2. The topological polar surface area (TPSA) is 89.1 Å². The number of hydrogen-bond acceptors (Lipinski definition) is 6. The van der Waals surface area contributed by atoms with E-state index in [1.807, 2.05) is 36.4 Å². The Labute approximate surface area is 197 Å². The number of allylic oxidation sites excluding steroid dienone is 1. The molecule has 0 aromatic heterocycles. The first-order valence-corrected chi connectivity index (χ1v) is 11.4. The highest BCUT2D eigenvalue weighted by molar-refractivity contribution is 7.80. The van der Waals surface area contributed by atoms with Crippen molar-refractivity contribution in [1.82, 2.24) is 15.5 Å². The van der Waals surface area contributed by atoms with Crippen molar-refractivity contribution < 1.29 is 23.8 Å². The Morgan fingerprint density at radius 1 is 1.18 bits per heavy atom. The van der Waals surface area contributed by atoms with E-state index in [1.165, 1.54) is 0 Å². The van der Waals surface area contributed by atoms with Crippen molar-refractivity contribution in [2.75, 3.05) is 39.5 Å². The first-order valence-electron chi connectivity index (χ1n) is 10.9. The van der Waals surface area contributed by atoms with Crippen molar-refractivity contribution in [3.05, 3.63) is 53.2 Å². The van der Waals surface area contributed by atoms with Gasteiger partial charge in [-0.1, -0.05) is 30.3 Å². The zero-order chi connectivity index (χ0) is 23.4. The van der Waals surface area contributed by atoms with E-state index in [1.54, 1.807) is 18.7 Å². The zero-order valence-corrected chi connectivity index (χ0v) is 19.5. The molecule has 33 heavy (non-hydrogen) atoms. The van der Waals surface area contributed by atoms with Gasteiger partial charge >= 0.3 is 5.97 Å². The zero-order valence-electron chi connectivity index (χ0n) is 18.7. The molecule has 0 radical (unpaired) electrons. The fraction of sp³-hybridized carbons (Fsp3) is 0.375. The molecule has 1 unspecified atom stereocenters. The molecule has 2 aliphatic rings. The molecule has 8 nitrogen and oxygen atoms in total. The lowest BCUT2D eigenvalue weighted by atomic mass is 9.90. The van der Waals surface area contributed by atoms with Gasteiger partial charge in [0.2, 0.25) is 0 Å². The van der Waals surface area contributed by atoms with Gasteiger partial charge in [-0.3, -0.25) is 4.79 Å². The van der Waals surface area contributed by atoms with Crippen LogP contribution in [0.3, 0.4) is 0 Å². The summed E-state index contributed by atoms with van der Waals surface area (Å²) in [5.74, 6) is -0.0403. The van der Waals surface area contributed by atoms with Crippen molar-refractivity contribution in [3.63, 3.8) is 0 Å². The van der Waals surface area contributed by atoms with E-state index in [0.29, 0.717) is 48.4 Å². The molecule has 0 bridgehead atoms. The van der Waals surface area contributed by atoms with Gasteiger partial charge < -0.3 is 29.7 Å². The molecular formula is C24H27N3O5S. The van der Waals surface area contributed by atoms with Gasteiger partial charge in [-0.05, 0) is 42.9 Å². The highest BCUT2D eigenvalue weighted by atomic mass is 32.1. The monoisotopic (exact) mass is 469 g/mol. The van der Waals surface area contributed by atoms with Crippen molar-refractivity contribution in [3.8, 4) is 5.75 Å². The number of amides is 1. The Hall–Kier alpha value is -3.17. The summed E-state index contributed by atoms with van der Waals surface area (Å²) in [6.07, 6.45) is 0. The molecule has 9 heteroatoms. The molecule has 2 aromatic carbocycles. The largest absolute Gasteiger partial charge is 0.483 e. The number of fused-ring (bicyclic) bond motifs is 1. The van der Waals surface area contributed by atoms with E-state index in [2.05, 4.69) is 10.6 Å². The van der Waals surface area contributed by atoms with Crippen molar-refractivity contribution in [2.45, 2.75) is 19.9 Å². The lowest BCUT2D eigenvalue weighted by molar-refractivity contribution is -0.139. The van der Waals surface area contributed by atoms with Gasteiger partial charge in [0.1, 0.15) is 5.75 Å². The van der Waals surface area contributed by atoms with Crippen LogP contribution < -0.4 is 15.4 Å². The van der Waals surface area contributed by atoms with Gasteiger partial charge in [0.15, 0.2) is 11.7 Å². The SMILES string of the molecule is CCOC(=O)C1=C(C)NC(=S)NC1c1c(OCC(=O)N2CCOCC2)ccc2ccccc12. The van der Waals surface area contributed by atoms with Crippen LogP contribution in [0.1, 0.15) is 25.5 Å². The molecule has 1 saturated heterocycles. The number of esters is 1. The summed E-state index contributed by atoms with van der Waals surface area (Å²) in [5.41, 5.74) is 1.77. The van der Waals surface area contributed by atoms with Crippen LogP contribution >= 0.6 is 12.2 Å². The molecule has 4 rings (SSSR count). The summed E-state index contributed by atoms with van der Waals surface area (Å²) in [4.78, 5) is 27.3. The van der Waals surface area contributed by atoms with Gasteiger partial charge in [-0.25, -0.2) is 4.79 Å². The quantitative estimate of drug-likeness (QED) is 0.493. The average molecular weight is 470 g/mol. The van der Waals surface area contributed by atoms with Crippen LogP contribution in [0.5, 0.6) is 5.75 Å². The molecule has 2 N–H and O–H groups in total. The number of hydrogen-bond donors (Lipinski definition) is 2. The van der Waals surface area contributed by atoms with E-state index < -0.39 is 12.0 Å². The maximum atomic E-state index is 12.9. The molecule has 0 saturated carbocycles. The molecule has 1 atom stereocenters. The normalized spacial score (nSPS) is 18.5. The van der Waals surface area contributed by atoms with E-state index in [-0.39, 0.29) is 19.1 Å². The van der Waals surface area contributed by atoms with E-state index >= 15 is 0 Å². The van der Waals surface area contributed by atoms with E-state index in [0.717, 1.165) is 16.3 Å². The molecule has 2 aliphatic heterocycles. The molecule has 1 amide bonds. The second-order valence-corrected chi connectivity index (χ2v) is 8.18. The summed E-state index contributed by atoms with van der Waals surface area (Å²) < 4.78 is 16.7. The fourth-order valence-corrected chi connectivity index (χ4v) is 4.40. The highest BCUT2D eigenvalue weighted by Crippen LogP contribution is 2.38. The van der Waals surface area contributed by atoms with Crippen LogP contribution in [0.2, 0.25) is 0 Å². The highest BCUT2D eigenvalue weighted by Gasteiger charge is 2.34. The summed E-state index contributed by atoms with van der Waals surface area (Å²) in [5, 5.41) is 8.49. The molecular weight excluding hydrogens is 442 g/mol. The molecule has 0 spiro atoms. The predicted octanol–water partition coefficient (Wildman–Crippen LogP) is 2.43. The number of nitrogens with zero attached hydrogens (tertiary/aromatic N) is 1. The molecule has 0 aliphatic carbocycles. The number of thiocarbonyl (C=S) groups is 1. The van der Waals surface area contributed by atoms with Crippen LogP contribution in [-0.4, -0.2) is 61.4 Å². The van der Waals surface area contributed by atoms with Crippen molar-refractivity contribution >= 4 is 40.0 Å². The number of morpholine rings is 1. The minimum absolute atomic E-state index is 0.108. The smallest absolute Gasteiger partial charge is 0.338 e. The minimum Gasteiger partial charge on any atom is -0.483 e. The van der Waals surface area contributed by atoms with Crippen molar-refractivity contribution in [2.24, 2.45) is 0 Å². The third-order valence-corrected chi connectivity index (χ3v) is 5.92. The number of ether oxygens (including phenoxy) is 3. The van der Waals surface area contributed by atoms with Gasteiger partial charge in [0.05, 0.1) is 31.4 Å². The fourth-order valence-electron chi connectivity index (χ4n) is 4.13. The van der Waals surface area contributed by atoms with Gasteiger partial charge in [0, 0.05) is 24.4 Å². The third kappa shape index (κ3) is 4.94. The first-order chi connectivity index (χ1) is 16.0. The molecule has 2 heterocycles. The Morgan fingerprint density at radius 3 is 2.70 bits per heavy atom. The number of rotatable bonds is 6. The summed E-state index contributed by atoms with van der Waals surface area (Å²) in [6.45, 7) is 5.84. The lowest BCUT2D eigenvalue weighted by Crippen LogP contribution is -2.45. The molecule has 1 fully saturated rings. The Balaban J connectivity index is 1.74. The summed E-state index contributed by atoms with van der Waals surface area (Å²) in [6, 6.07) is 11.0. The van der Waals surface area contributed by atoms with E-state index in [9.17, 15) is 9.59 Å². The first kappa shape index (κ1) is 23.0. The Morgan fingerprint density at radius 2 is 1.94 bits per heavy atom. The number of nitrogens with one attached hydrogen (secondary N) is 2. The molecule has 174 valence electrons. The van der Waals surface area contributed by atoms with Crippen LogP contribution in [0, 0.1) is 0 Å².